The summed E-state index contributed by atoms with van der Waals surface area (Å²) in [6, 6.07) is 5.14. The Balaban J connectivity index is 2.38. The molecular formula is C12H18N2O3S. The molecule has 0 aliphatic rings. The van der Waals surface area contributed by atoms with E-state index in [0.29, 0.717) is 18.2 Å². The van der Waals surface area contributed by atoms with Crippen LogP contribution >= 0.6 is 11.8 Å². The number of thioether (sulfide) groups is 1. The van der Waals surface area contributed by atoms with Crippen LogP contribution in [0.15, 0.2) is 29.4 Å². The van der Waals surface area contributed by atoms with Crippen LogP contribution in [0.25, 0.3) is 0 Å². The van der Waals surface area contributed by atoms with Gasteiger partial charge in [-0.3, -0.25) is 4.79 Å². The SMILES string of the molecule is COCCCNC(=O)C(C)Sc1cccc[n+]1[O-]. The molecule has 0 aliphatic carbocycles. The van der Waals surface area contributed by atoms with Crippen LogP contribution in [0.3, 0.4) is 0 Å². The maximum absolute atomic E-state index is 11.7. The van der Waals surface area contributed by atoms with Gasteiger partial charge in [-0.2, -0.15) is 4.73 Å². The molecule has 0 saturated carbocycles. The average molecular weight is 270 g/mol. The second-order valence-electron chi connectivity index (χ2n) is 3.76. The van der Waals surface area contributed by atoms with Gasteiger partial charge in [0.1, 0.15) is 0 Å². The number of amides is 1. The number of aromatic nitrogens is 1. The van der Waals surface area contributed by atoms with Crippen LogP contribution in [-0.2, 0) is 9.53 Å². The molecule has 100 valence electrons. The molecule has 1 atom stereocenters. The first kappa shape index (κ1) is 14.8. The molecule has 0 bridgehead atoms. The molecule has 0 radical (unpaired) electrons. The zero-order chi connectivity index (χ0) is 13.4. The molecule has 0 aliphatic heterocycles. The topological polar surface area (TPSA) is 65.3 Å². The third kappa shape index (κ3) is 4.93. The van der Waals surface area contributed by atoms with Gasteiger partial charge in [-0.25, -0.2) is 0 Å². The highest BCUT2D eigenvalue weighted by Gasteiger charge is 2.17. The molecule has 1 N–H and O–H groups in total. The van der Waals surface area contributed by atoms with Gasteiger partial charge in [0.15, 0.2) is 6.20 Å². The second-order valence-corrected chi connectivity index (χ2v) is 5.12. The van der Waals surface area contributed by atoms with Crippen LogP contribution in [0, 0.1) is 5.21 Å². The molecule has 1 aromatic heterocycles. The van der Waals surface area contributed by atoms with Crippen molar-refractivity contribution in [2.24, 2.45) is 0 Å². The number of methoxy groups -OCH3 is 1. The molecule has 0 fully saturated rings. The molecular weight excluding hydrogens is 252 g/mol. The molecule has 1 amide bonds. The van der Waals surface area contributed by atoms with Gasteiger partial charge in [-0.15, -0.1) is 0 Å². The number of rotatable bonds is 7. The summed E-state index contributed by atoms with van der Waals surface area (Å²) in [6.45, 7) is 2.99. The number of nitrogens with one attached hydrogen (secondary N) is 1. The summed E-state index contributed by atoms with van der Waals surface area (Å²) < 4.78 is 5.66. The third-order valence-corrected chi connectivity index (χ3v) is 3.40. The Bertz CT molecular complexity index is 387. The summed E-state index contributed by atoms with van der Waals surface area (Å²) in [5.74, 6) is -0.0695. The maximum atomic E-state index is 11.7. The van der Waals surface area contributed by atoms with Crippen molar-refractivity contribution < 1.29 is 14.3 Å². The lowest BCUT2D eigenvalue weighted by atomic mass is 10.4. The second kappa shape index (κ2) is 7.94. The van der Waals surface area contributed by atoms with Crippen LogP contribution in [0.5, 0.6) is 0 Å². The van der Waals surface area contributed by atoms with Crippen LogP contribution in [0.4, 0.5) is 0 Å². The molecule has 5 nitrogen and oxygen atoms in total. The summed E-state index contributed by atoms with van der Waals surface area (Å²) in [4.78, 5) is 11.7. The van der Waals surface area contributed by atoms with Crippen molar-refractivity contribution in [2.45, 2.75) is 23.6 Å². The molecule has 0 aromatic carbocycles. The molecule has 1 heterocycles. The van der Waals surface area contributed by atoms with E-state index in [4.69, 9.17) is 4.74 Å². The molecule has 1 rings (SSSR count). The zero-order valence-electron chi connectivity index (χ0n) is 10.6. The van der Waals surface area contributed by atoms with Crippen molar-refractivity contribution in [1.82, 2.24) is 5.32 Å². The minimum absolute atomic E-state index is 0.0695. The highest BCUT2D eigenvalue weighted by atomic mass is 32.2. The predicted molar refractivity (Wildman–Crippen MR) is 70.2 cm³/mol. The fourth-order valence-electron chi connectivity index (χ4n) is 1.31. The lowest BCUT2D eigenvalue weighted by Gasteiger charge is -2.11. The fraction of sp³-hybridized carbons (Fsp3) is 0.500. The standard InChI is InChI=1S/C12H18N2O3S/c1-10(12(15)13-7-5-9-17-2)18-11-6-3-4-8-14(11)16/h3-4,6,8,10H,5,7,9H2,1-2H3,(H,13,15). The summed E-state index contributed by atoms with van der Waals surface area (Å²) in [6.07, 6.45) is 2.21. The van der Waals surface area contributed by atoms with E-state index in [0.717, 1.165) is 11.2 Å². The lowest BCUT2D eigenvalue weighted by molar-refractivity contribution is -0.645. The van der Waals surface area contributed by atoms with E-state index in [9.17, 15) is 10.0 Å². The van der Waals surface area contributed by atoms with Gasteiger partial charge in [-0.05, 0) is 31.2 Å². The average Bonchev–Trinajstić information content (AvgIpc) is 2.37. The smallest absolute Gasteiger partial charge is 0.252 e. The highest BCUT2D eigenvalue weighted by Crippen LogP contribution is 2.19. The van der Waals surface area contributed by atoms with Crippen molar-refractivity contribution >= 4 is 17.7 Å². The number of pyridine rings is 1. The molecule has 0 spiro atoms. The normalized spacial score (nSPS) is 12.1. The fourth-order valence-corrected chi connectivity index (χ4v) is 2.18. The van der Waals surface area contributed by atoms with E-state index >= 15 is 0 Å². The van der Waals surface area contributed by atoms with Gasteiger partial charge < -0.3 is 15.3 Å². The largest absolute Gasteiger partial charge is 0.618 e. The maximum Gasteiger partial charge on any atom is 0.252 e. The number of hydrogen-bond donors (Lipinski definition) is 1. The Morgan fingerprint density at radius 2 is 2.39 bits per heavy atom. The summed E-state index contributed by atoms with van der Waals surface area (Å²) in [7, 11) is 1.63. The quantitative estimate of drug-likeness (QED) is 0.347. The number of carbonyl (C=O) groups excluding carboxylic acids is 1. The van der Waals surface area contributed by atoms with Crippen molar-refractivity contribution in [3.8, 4) is 0 Å². The van der Waals surface area contributed by atoms with E-state index in [1.165, 1.54) is 18.0 Å². The number of carbonyl (C=O) groups is 1. The van der Waals surface area contributed by atoms with E-state index in [1.54, 1.807) is 32.2 Å². The van der Waals surface area contributed by atoms with Crippen LogP contribution in [0.2, 0.25) is 0 Å². The van der Waals surface area contributed by atoms with Crippen LogP contribution in [0.1, 0.15) is 13.3 Å². The van der Waals surface area contributed by atoms with E-state index in [-0.39, 0.29) is 11.2 Å². The summed E-state index contributed by atoms with van der Waals surface area (Å²) in [5.41, 5.74) is 0. The first-order valence-electron chi connectivity index (χ1n) is 5.76. The minimum atomic E-state index is -0.296. The first-order chi connectivity index (χ1) is 8.65. The Hall–Kier alpha value is -1.27. The molecule has 1 aromatic rings. The molecule has 6 heteroatoms. The van der Waals surface area contributed by atoms with Crippen molar-refractivity contribution in [1.29, 1.82) is 0 Å². The van der Waals surface area contributed by atoms with E-state index < -0.39 is 0 Å². The van der Waals surface area contributed by atoms with Gasteiger partial charge in [0.25, 0.3) is 5.03 Å². The Kier molecular flexibility index (Phi) is 6.53. The molecule has 1 unspecified atom stereocenters. The third-order valence-electron chi connectivity index (χ3n) is 2.28. The van der Waals surface area contributed by atoms with Crippen molar-refractivity contribution in [3.63, 3.8) is 0 Å². The van der Waals surface area contributed by atoms with Gasteiger partial charge in [0, 0.05) is 32.4 Å². The van der Waals surface area contributed by atoms with Crippen molar-refractivity contribution in [2.75, 3.05) is 20.3 Å². The van der Waals surface area contributed by atoms with Gasteiger partial charge >= 0.3 is 0 Å². The predicted octanol–water partition coefficient (Wildman–Crippen LogP) is 0.953. The Morgan fingerprint density at radius 1 is 1.61 bits per heavy atom. The number of hydrogen-bond acceptors (Lipinski definition) is 4. The zero-order valence-corrected chi connectivity index (χ0v) is 11.4. The monoisotopic (exact) mass is 270 g/mol. The number of ether oxygens (including phenoxy) is 1. The summed E-state index contributed by atoms with van der Waals surface area (Å²) in [5, 5.41) is 14.5. The van der Waals surface area contributed by atoms with Gasteiger partial charge in [0.05, 0.1) is 5.25 Å². The van der Waals surface area contributed by atoms with Gasteiger partial charge in [0.2, 0.25) is 5.91 Å². The van der Waals surface area contributed by atoms with E-state index in [1.807, 2.05) is 0 Å². The van der Waals surface area contributed by atoms with Gasteiger partial charge in [-0.1, -0.05) is 0 Å². The molecule has 18 heavy (non-hydrogen) atoms. The Labute approximate surface area is 111 Å². The van der Waals surface area contributed by atoms with Crippen LogP contribution in [-0.4, -0.2) is 31.4 Å². The van der Waals surface area contributed by atoms with Crippen LogP contribution < -0.4 is 10.0 Å². The summed E-state index contributed by atoms with van der Waals surface area (Å²) >= 11 is 1.25. The molecule has 0 saturated heterocycles. The minimum Gasteiger partial charge on any atom is -0.618 e. The number of nitrogens with zero attached hydrogens (tertiary/aromatic N) is 1. The van der Waals surface area contributed by atoms with Crippen molar-refractivity contribution in [3.05, 3.63) is 29.6 Å². The van der Waals surface area contributed by atoms with E-state index in [2.05, 4.69) is 5.32 Å². The highest BCUT2D eigenvalue weighted by molar-refractivity contribution is 8.00. The lowest BCUT2D eigenvalue weighted by Crippen LogP contribution is -2.34. The Morgan fingerprint density at radius 3 is 3.06 bits per heavy atom. The first-order valence-corrected chi connectivity index (χ1v) is 6.64.